The summed E-state index contributed by atoms with van der Waals surface area (Å²) >= 11 is 1.47. The number of nitrogens with one attached hydrogen (secondary N) is 2. The largest absolute Gasteiger partial charge is 0.481 e. The second kappa shape index (κ2) is 13.9. The number of carboxylic acid groups (broad SMARTS) is 1. The van der Waals surface area contributed by atoms with Crippen LogP contribution in [-0.4, -0.2) is 54.9 Å². The monoisotopic (exact) mass is 528 g/mol. The third kappa shape index (κ3) is 8.27. The molecule has 2 heterocycles. The number of hydrogen-bond acceptors (Lipinski definition) is 10. The first-order valence-electron chi connectivity index (χ1n) is 11.6. The Morgan fingerprint density at radius 3 is 2.65 bits per heavy atom. The number of thioether (sulfide) groups is 1. The Morgan fingerprint density at radius 1 is 1.16 bits per heavy atom. The minimum absolute atomic E-state index is 0.0191. The molecule has 1 aromatic carbocycles. The number of carbonyl (C=O) groups excluding carboxylic acids is 2. The third-order valence-corrected chi connectivity index (χ3v) is 6.43. The standard InChI is InChI=1S/C24H28N6O6S/c1-2-20(23(34)27-12-17(31)15-37-14-16-6-4-3-5-7-16)30-11-10-25-22(24(30)35)26-13-19-18(28-36-29-19)8-9-21(32)33/h3-7,10-11,20H,2,8-9,12-15H2,1H3,(H,25,26)(H,27,34)(H,32,33). The highest BCUT2D eigenvalue weighted by Gasteiger charge is 2.22. The summed E-state index contributed by atoms with van der Waals surface area (Å²) < 4.78 is 5.94. The van der Waals surface area contributed by atoms with Gasteiger partial charge in [-0.25, -0.2) is 9.61 Å². The maximum Gasteiger partial charge on any atom is 0.303 e. The third-order valence-electron chi connectivity index (χ3n) is 5.36. The van der Waals surface area contributed by atoms with Crippen molar-refractivity contribution < 1.29 is 24.1 Å². The van der Waals surface area contributed by atoms with Crippen LogP contribution in [0.25, 0.3) is 0 Å². The van der Waals surface area contributed by atoms with E-state index >= 15 is 0 Å². The molecule has 12 nitrogen and oxygen atoms in total. The van der Waals surface area contributed by atoms with Crippen LogP contribution in [0, 0.1) is 0 Å². The lowest BCUT2D eigenvalue weighted by molar-refractivity contribution is -0.137. The van der Waals surface area contributed by atoms with Crippen LogP contribution in [-0.2, 0) is 33.1 Å². The minimum atomic E-state index is -0.981. The van der Waals surface area contributed by atoms with Crippen molar-refractivity contribution in [2.45, 2.75) is 44.5 Å². The second-order valence-electron chi connectivity index (χ2n) is 8.05. The molecule has 0 fully saturated rings. The Kier molecular flexibility index (Phi) is 10.4. The van der Waals surface area contributed by atoms with E-state index in [0.717, 1.165) is 5.56 Å². The van der Waals surface area contributed by atoms with Gasteiger partial charge in [-0.05, 0) is 12.0 Å². The molecular formula is C24H28N6O6S. The summed E-state index contributed by atoms with van der Waals surface area (Å²) in [5.41, 5.74) is 1.31. The molecule has 1 unspecified atom stereocenters. The molecule has 1 atom stereocenters. The number of amides is 1. The van der Waals surface area contributed by atoms with Gasteiger partial charge in [0, 0.05) is 24.6 Å². The van der Waals surface area contributed by atoms with Crippen molar-refractivity contribution in [3.05, 3.63) is 70.0 Å². The van der Waals surface area contributed by atoms with Crippen LogP contribution in [0.2, 0.25) is 0 Å². The molecule has 1 amide bonds. The summed E-state index contributed by atoms with van der Waals surface area (Å²) in [6.07, 6.45) is 3.10. The molecule has 0 saturated carbocycles. The van der Waals surface area contributed by atoms with Crippen LogP contribution in [0.1, 0.15) is 42.8 Å². The van der Waals surface area contributed by atoms with Crippen molar-refractivity contribution in [1.82, 2.24) is 25.2 Å². The van der Waals surface area contributed by atoms with Crippen LogP contribution >= 0.6 is 11.8 Å². The van der Waals surface area contributed by atoms with Gasteiger partial charge < -0.3 is 15.7 Å². The van der Waals surface area contributed by atoms with Gasteiger partial charge in [-0.15, -0.1) is 11.8 Å². The lowest BCUT2D eigenvalue weighted by atomic mass is 10.2. The number of ketones is 1. The van der Waals surface area contributed by atoms with E-state index in [1.807, 2.05) is 30.3 Å². The molecular weight excluding hydrogens is 500 g/mol. The number of aryl methyl sites for hydroxylation is 1. The van der Waals surface area contributed by atoms with Gasteiger partial charge in [0.05, 0.1) is 25.3 Å². The lowest BCUT2D eigenvalue weighted by Crippen LogP contribution is -2.40. The summed E-state index contributed by atoms with van der Waals surface area (Å²) in [7, 11) is 0. The van der Waals surface area contributed by atoms with Gasteiger partial charge in [0.2, 0.25) is 5.91 Å². The summed E-state index contributed by atoms with van der Waals surface area (Å²) in [4.78, 5) is 52.9. The van der Waals surface area contributed by atoms with Crippen LogP contribution in [0.3, 0.4) is 0 Å². The van der Waals surface area contributed by atoms with Gasteiger partial charge in [0.15, 0.2) is 11.6 Å². The van der Waals surface area contributed by atoms with Gasteiger partial charge in [-0.3, -0.25) is 23.7 Å². The van der Waals surface area contributed by atoms with Gasteiger partial charge in [0.1, 0.15) is 17.4 Å². The summed E-state index contributed by atoms with van der Waals surface area (Å²) in [5, 5.41) is 21.8. The zero-order chi connectivity index (χ0) is 26.6. The second-order valence-corrected chi connectivity index (χ2v) is 9.04. The number of anilines is 1. The number of hydrogen-bond donors (Lipinski definition) is 3. The van der Waals surface area contributed by atoms with Crippen LogP contribution < -0.4 is 16.2 Å². The Labute approximate surface area is 216 Å². The Hall–Kier alpha value is -4.00. The molecule has 0 saturated heterocycles. The molecule has 2 aromatic heterocycles. The van der Waals surface area contributed by atoms with Gasteiger partial charge in [0.25, 0.3) is 5.56 Å². The number of benzene rings is 1. The van der Waals surface area contributed by atoms with Gasteiger partial charge in [-0.2, -0.15) is 0 Å². The molecule has 0 spiro atoms. The van der Waals surface area contributed by atoms with Crippen molar-refractivity contribution in [3.63, 3.8) is 0 Å². The molecule has 3 N–H and O–H groups in total. The highest BCUT2D eigenvalue weighted by atomic mass is 32.2. The van der Waals surface area contributed by atoms with Crippen LogP contribution in [0.5, 0.6) is 0 Å². The molecule has 3 aromatic rings. The summed E-state index contributed by atoms with van der Waals surface area (Å²) in [5.74, 6) is -0.597. The Balaban J connectivity index is 1.55. The number of nitrogens with zero attached hydrogens (tertiary/aromatic N) is 4. The van der Waals surface area contributed by atoms with E-state index in [9.17, 15) is 19.2 Å². The molecule has 0 bridgehead atoms. The Bertz CT molecular complexity index is 1260. The maximum atomic E-state index is 13.0. The van der Waals surface area contributed by atoms with Crippen molar-refractivity contribution in [2.75, 3.05) is 17.6 Å². The zero-order valence-corrected chi connectivity index (χ0v) is 21.1. The molecule has 0 radical (unpaired) electrons. The average molecular weight is 529 g/mol. The van der Waals surface area contributed by atoms with E-state index in [-0.39, 0.29) is 43.3 Å². The first kappa shape index (κ1) is 27.6. The molecule has 3 rings (SSSR count). The van der Waals surface area contributed by atoms with Crippen molar-refractivity contribution in [2.24, 2.45) is 0 Å². The quantitative estimate of drug-likeness (QED) is 0.263. The molecule has 13 heteroatoms. The topological polar surface area (TPSA) is 169 Å². The Morgan fingerprint density at radius 2 is 1.92 bits per heavy atom. The number of Topliss-reactive ketones (excluding diaryl/α,β-unsaturated/α-hetero) is 1. The zero-order valence-electron chi connectivity index (χ0n) is 20.3. The molecule has 196 valence electrons. The number of rotatable bonds is 15. The molecule has 0 aliphatic heterocycles. The normalized spacial score (nSPS) is 11.6. The van der Waals surface area contributed by atoms with E-state index in [2.05, 4.69) is 30.6 Å². The molecule has 0 aliphatic rings. The molecule has 0 aliphatic carbocycles. The van der Waals surface area contributed by atoms with E-state index in [0.29, 0.717) is 23.6 Å². The maximum absolute atomic E-state index is 13.0. The van der Waals surface area contributed by atoms with Crippen molar-refractivity contribution in [1.29, 1.82) is 0 Å². The van der Waals surface area contributed by atoms with Crippen molar-refractivity contribution >= 4 is 35.2 Å². The fraction of sp³-hybridized carbons (Fsp3) is 0.375. The lowest BCUT2D eigenvalue weighted by Gasteiger charge is -2.18. The predicted octanol–water partition coefficient (Wildman–Crippen LogP) is 1.83. The van der Waals surface area contributed by atoms with Crippen molar-refractivity contribution in [3.8, 4) is 0 Å². The smallest absolute Gasteiger partial charge is 0.303 e. The summed E-state index contributed by atoms with van der Waals surface area (Å²) in [6.45, 7) is 1.67. The molecule has 37 heavy (non-hydrogen) atoms. The van der Waals surface area contributed by atoms with E-state index < -0.39 is 23.5 Å². The van der Waals surface area contributed by atoms with Gasteiger partial charge in [-0.1, -0.05) is 47.6 Å². The van der Waals surface area contributed by atoms with Crippen LogP contribution in [0.4, 0.5) is 5.82 Å². The van der Waals surface area contributed by atoms with E-state index in [4.69, 9.17) is 5.11 Å². The predicted molar refractivity (Wildman–Crippen MR) is 136 cm³/mol. The number of carbonyl (C=O) groups is 3. The summed E-state index contributed by atoms with van der Waals surface area (Å²) in [6, 6.07) is 8.96. The van der Waals surface area contributed by atoms with Gasteiger partial charge >= 0.3 is 5.97 Å². The number of carboxylic acids is 1. The SMILES string of the molecule is CCC(C(=O)NCC(=O)CSCc1ccccc1)n1ccnc(NCc2nonc2CCC(=O)O)c1=O. The van der Waals surface area contributed by atoms with Crippen LogP contribution in [0.15, 0.2) is 52.1 Å². The van der Waals surface area contributed by atoms with E-state index in [1.54, 1.807) is 6.92 Å². The first-order chi connectivity index (χ1) is 17.9. The minimum Gasteiger partial charge on any atom is -0.481 e. The fourth-order valence-corrected chi connectivity index (χ4v) is 4.31. The highest BCUT2D eigenvalue weighted by molar-refractivity contribution is 7.99. The number of aliphatic carboxylic acids is 1. The van der Waals surface area contributed by atoms with E-state index in [1.165, 1.54) is 28.7 Å². The first-order valence-corrected chi connectivity index (χ1v) is 12.8. The average Bonchev–Trinajstić information content (AvgIpc) is 3.35. The highest BCUT2D eigenvalue weighted by Crippen LogP contribution is 2.13. The fourth-order valence-electron chi connectivity index (χ4n) is 3.45. The number of aromatic nitrogens is 4.